The summed E-state index contributed by atoms with van der Waals surface area (Å²) in [6.07, 6.45) is 17.4. The number of hydrogen-bond acceptors (Lipinski definition) is 5. The van der Waals surface area contributed by atoms with Crippen molar-refractivity contribution in [2.45, 2.75) is 45.7 Å². The monoisotopic (exact) mass is 475 g/mol. The van der Waals surface area contributed by atoms with Crippen LogP contribution in [-0.4, -0.2) is 34.7 Å². The second-order valence-corrected chi connectivity index (χ2v) is 9.45. The molecule has 1 aliphatic heterocycles. The van der Waals surface area contributed by atoms with Crippen molar-refractivity contribution in [1.82, 2.24) is 20.2 Å². The van der Waals surface area contributed by atoms with Crippen molar-refractivity contribution in [3.63, 3.8) is 0 Å². The molecular weight excluding hydrogens is 441 g/mol. The lowest BCUT2D eigenvalue weighted by atomic mass is 9.96. The molecule has 2 heterocycles. The molecule has 1 aliphatic carbocycles. The first kappa shape index (κ1) is 24.5. The lowest BCUT2D eigenvalue weighted by Crippen LogP contribution is -2.55. The van der Waals surface area contributed by atoms with Crippen molar-refractivity contribution >= 4 is 11.9 Å². The van der Waals surface area contributed by atoms with Gasteiger partial charge in [0.05, 0.1) is 24.8 Å². The zero-order valence-electron chi connectivity index (χ0n) is 20.9. The molecule has 0 bridgehead atoms. The first-order valence-electron chi connectivity index (χ1n) is 12.0. The number of aryl methyl sites for hydroxylation is 1. The number of imidazole rings is 1. The zero-order chi connectivity index (χ0) is 24.8. The van der Waals surface area contributed by atoms with Gasteiger partial charge in [-0.25, -0.2) is 9.37 Å². The average molecular weight is 476 g/mol. The van der Waals surface area contributed by atoms with Crippen molar-refractivity contribution < 1.29 is 9.13 Å². The van der Waals surface area contributed by atoms with E-state index in [0.717, 1.165) is 53.6 Å². The second-order valence-electron chi connectivity index (χ2n) is 9.45. The molecule has 1 unspecified atom stereocenters. The highest BCUT2D eigenvalue weighted by Gasteiger charge is 2.25. The van der Waals surface area contributed by atoms with E-state index in [1.165, 1.54) is 12.2 Å². The lowest BCUT2D eigenvalue weighted by Gasteiger charge is -2.34. The molecule has 0 radical (unpaired) electrons. The summed E-state index contributed by atoms with van der Waals surface area (Å²) in [6, 6.07) is 6.17. The third-order valence-electron chi connectivity index (χ3n) is 5.99. The fourth-order valence-corrected chi connectivity index (χ4v) is 4.32. The number of benzene rings is 1. The summed E-state index contributed by atoms with van der Waals surface area (Å²) in [6.45, 7) is 6.92. The van der Waals surface area contributed by atoms with Crippen LogP contribution in [0.2, 0.25) is 0 Å². The lowest BCUT2D eigenvalue weighted by molar-refractivity contribution is 0.384. The van der Waals surface area contributed by atoms with E-state index in [1.807, 2.05) is 35.9 Å². The molecule has 1 atom stereocenters. The van der Waals surface area contributed by atoms with Gasteiger partial charge in [0.15, 0.2) is 0 Å². The second kappa shape index (κ2) is 10.8. The standard InChI is InChI=1S/C28H34FN5O/c1-20-18-34(19-31-20)25-15-11-21(17-26(25)35-4)10-12-22-7-6-16-30-27(22)33-28(2,3)32-24-9-5-8-23(29)13-14-24/h5,8,10-15,17-19,22,32H,6-7,9,16H2,1-4H3,(H,30,33). The highest BCUT2D eigenvalue weighted by Crippen LogP contribution is 2.26. The van der Waals surface area contributed by atoms with Crippen molar-refractivity contribution in [2.24, 2.45) is 10.9 Å². The molecule has 0 fully saturated rings. The van der Waals surface area contributed by atoms with Crippen molar-refractivity contribution in [2.75, 3.05) is 13.7 Å². The smallest absolute Gasteiger partial charge is 0.143 e. The first-order valence-corrected chi connectivity index (χ1v) is 12.0. The van der Waals surface area contributed by atoms with Gasteiger partial charge in [-0.2, -0.15) is 0 Å². The Morgan fingerprint density at radius 2 is 2.09 bits per heavy atom. The number of rotatable bonds is 7. The molecule has 6 nitrogen and oxygen atoms in total. The Bertz CT molecular complexity index is 1200. The van der Waals surface area contributed by atoms with E-state index < -0.39 is 5.66 Å². The molecule has 0 saturated heterocycles. The van der Waals surface area contributed by atoms with Gasteiger partial charge < -0.3 is 19.9 Å². The topological polar surface area (TPSA) is 63.5 Å². The van der Waals surface area contributed by atoms with Gasteiger partial charge in [0.25, 0.3) is 0 Å². The van der Waals surface area contributed by atoms with Crippen LogP contribution in [0.25, 0.3) is 11.8 Å². The summed E-state index contributed by atoms with van der Waals surface area (Å²) in [4.78, 5) is 9.11. The molecule has 2 N–H and O–H groups in total. The molecule has 4 rings (SSSR count). The molecule has 2 aromatic rings. The van der Waals surface area contributed by atoms with Crippen molar-refractivity contribution in [1.29, 1.82) is 0 Å². The number of allylic oxidation sites excluding steroid dienone is 5. The molecular formula is C28H34FN5O. The van der Waals surface area contributed by atoms with Gasteiger partial charge in [0.2, 0.25) is 0 Å². The maximum Gasteiger partial charge on any atom is 0.143 e. The van der Waals surface area contributed by atoms with Crippen molar-refractivity contribution in [3.8, 4) is 11.4 Å². The molecule has 7 heteroatoms. The van der Waals surface area contributed by atoms with Gasteiger partial charge in [-0.15, -0.1) is 0 Å². The van der Waals surface area contributed by atoms with Crippen LogP contribution in [-0.2, 0) is 0 Å². The van der Waals surface area contributed by atoms with Gasteiger partial charge in [-0.1, -0.05) is 24.3 Å². The minimum atomic E-state index is -0.440. The van der Waals surface area contributed by atoms with E-state index in [2.05, 4.69) is 47.7 Å². The number of hydrogen-bond donors (Lipinski definition) is 2. The van der Waals surface area contributed by atoms with Crippen LogP contribution >= 0.6 is 0 Å². The maximum atomic E-state index is 13.5. The quantitative estimate of drug-likeness (QED) is 0.510. The van der Waals surface area contributed by atoms with Crippen LogP contribution in [0.15, 0.2) is 77.6 Å². The summed E-state index contributed by atoms with van der Waals surface area (Å²) < 4.78 is 21.1. The molecule has 2 aliphatic rings. The molecule has 35 heavy (non-hydrogen) atoms. The Kier molecular flexibility index (Phi) is 7.54. The Morgan fingerprint density at radius 3 is 2.86 bits per heavy atom. The number of aromatic nitrogens is 2. The van der Waals surface area contributed by atoms with E-state index >= 15 is 0 Å². The fourth-order valence-electron chi connectivity index (χ4n) is 4.32. The van der Waals surface area contributed by atoms with Gasteiger partial charge >= 0.3 is 0 Å². The molecule has 0 amide bonds. The number of nitrogens with zero attached hydrogens (tertiary/aromatic N) is 3. The van der Waals surface area contributed by atoms with Gasteiger partial charge in [-0.3, -0.25) is 4.99 Å². The number of ether oxygens (including phenoxy) is 1. The maximum absolute atomic E-state index is 13.5. The summed E-state index contributed by atoms with van der Waals surface area (Å²) in [7, 11) is 1.69. The highest BCUT2D eigenvalue weighted by atomic mass is 19.1. The van der Waals surface area contributed by atoms with Crippen LogP contribution in [0, 0.1) is 12.8 Å². The third kappa shape index (κ3) is 6.50. The summed E-state index contributed by atoms with van der Waals surface area (Å²) in [5.41, 5.74) is 3.49. The normalized spacial score (nSPS) is 18.5. The number of aliphatic imine (C=N–C) groups is 1. The van der Waals surface area contributed by atoms with E-state index in [1.54, 1.807) is 19.5 Å². The summed E-state index contributed by atoms with van der Waals surface area (Å²) in [5.74, 6) is 1.71. The Morgan fingerprint density at radius 1 is 1.23 bits per heavy atom. The van der Waals surface area contributed by atoms with Gasteiger partial charge in [0, 0.05) is 30.8 Å². The Hall–Kier alpha value is -3.61. The predicted octanol–water partition coefficient (Wildman–Crippen LogP) is 5.62. The van der Waals surface area contributed by atoms with Crippen LogP contribution in [0.5, 0.6) is 5.75 Å². The number of methoxy groups -OCH3 is 1. The van der Waals surface area contributed by atoms with Crippen LogP contribution in [0.3, 0.4) is 0 Å². The van der Waals surface area contributed by atoms with E-state index in [-0.39, 0.29) is 11.7 Å². The van der Waals surface area contributed by atoms with Gasteiger partial charge in [-0.05, 0) is 69.5 Å². The number of nitrogens with one attached hydrogen (secondary N) is 2. The summed E-state index contributed by atoms with van der Waals surface area (Å²) in [5, 5.41) is 7.08. The SMILES string of the molecule is COc1cc(C=CC2CCCN=C2NC(C)(C)NC2=CC=C(F)C=CC2)ccc1-n1cnc(C)c1. The molecule has 0 saturated carbocycles. The largest absolute Gasteiger partial charge is 0.495 e. The van der Waals surface area contributed by atoms with E-state index in [0.29, 0.717) is 6.42 Å². The highest BCUT2D eigenvalue weighted by molar-refractivity contribution is 5.88. The minimum Gasteiger partial charge on any atom is -0.495 e. The van der Waals surface area contributed by atoms with Crippen LogP contribution in [0.1, 0.15) is 44.4 Å². The summed E-state index contributed by atoms with van der Waals surface area (Å²) >= 11 is 0. The molecule has 1 aromatic carbocycles. The fraction of sp³-hybridized carbons (Fsp3) is 0.357. The molecule has 0 spiro atoms. The third-order valence-corrected chi connectivity index (χ3v) is 5.99. The van der Waals surface area contributed by atoms with Crippen LogP contribution in [0.4, 0.5) is 4.39 Å². The average Bonchev–Trinajstić information content (AvgIpc) is 3.16. The van der Waals surface area contributed by atoms with E-state index in [4.69, 9.17) is 9.73 Å². The first-order chi connectivity index (χ1) is 16.8. The number of amidine groups is 1. The van der Waals surface area contributed by atoms with E-state index in [9.17, 15) is 4.39 Å². The predicted molar refractivity (Wildman–Crippen MR) is 140 cm³/mol. The van der Waals surface area contributed by atoms with Gasteiger partial charge in [0.1, 0.15) is 23.1 Å². The molecule has 184 valence electrons. The van der Waals surface area contributed by atoms with Crippen LogP contribution < -0.4 is 15.4 Å². The van der Waals surface area contributed by atoms with Crippen molar-refractivity contribution in [3.05, 3.63) is 83.9 Å². The minimum absolute atomic E-state index is 0.187. The Balaban J connectivity index is 1.46. The molecule has 1 aromatic heterocycles. The number of halogens is 1. The zero-order valence-corrected chi connectivity index (χ0v) is 20.9. The Labute approximate surface area is 207 Å².